The maximum Gasteiger partial charge on any atom is 0.322 e. The van der Waals surface area contributed by atoms with Crippen molar-refractivity contribution in [3.05, 3.63) is 0 Å². The number of aliphatic imine (C=N–C) groups is 2. The van der Waals surface area contributed by atoms with Gasteiger partial charge in [-0.2, -0.15) is 0 Å². The van der Waals surface area contributed by atoms with Gasteiger partial charge < -0.3 is 26.6 Å². The van der Waals surface area contributed by atoms with E-state index in [1.54, 1.807) is 6.92 Å². The number of guanidine groups is 1. The van der Waals surface area contributed by atoms with Gasteiger partial charge in [0.15, 0.2) is 0 Å². The van der Waals surface area contributed by atoms with E-state index in [1.807, 2.05) is 0 Å². The van der Waals surface area contributed by atoms with Gasteiger partial charge in [0.25, 0.3) is 0 Å². The highest BCUT2D eigenvalue weighted by atomic mass is 16.4. The van der Waals surface area contributed by atoms with Crippen LogP contribution >= 0.6 is 0 Å². The first-order chi connectivity index (χ1) is 9.95. The number of carboxylic acid groups (broad SMARTS) is 2. The first-order valence-corrected chi connectivity index (χ1v) is 6.37. The molecule has 0 atom stereocenters. The average molecular weight is 302 g/mol. The molecule has 10 heteroatoms. The monoisotopic (exact) mass is 302 g/mol. The predicted molar refractivity (Wildman–Crippen MR) is 78.4 cm³/mol. The number of carbonyl (C=O) groups is 2. The second kappa shape index (κ2) is 11.6. The van der Waals surface area contributed by atoms with Crippen LogP contribution in [0.4, 0.5) is 0 Å². The van der Waals surface area contributed by atoms with Crippen molar-refractivity contribution in [3.63, 3.8) is 0 Å². The largest absolute Gasteiger partial charge is 0.480 e. The molecule has 0 fully saturated rings. The number of aliphatic carboxylic acids is 2. The third-order valence-corrected chi connectivity index (χ3v) is 2.07. The van der Waals surface area contributed by atoms with Crippen molar-refractivity contribution in [2.45, 2.75) is 13.3 Å². The fraction of sp³-hybridized carbons (Fsp3) is 0.636. The Hall–Kier alpha value is -2.20. The predicted octanol–water partition coefficient (Wildman–Crippen LogP) is -1.99. The van der Waals surface area contributed by atoms with E-state index in [-0.39, 0.29) is 25.7 Å². The molecule has 0 aromatic heterocycles. The molecule has 0 rings (SSSR count). The third-order valence-electron chi connectivity index (χ3n) is 2.07. The molecule has 7 N–H and O–H groups in total. The minimum Gasteiger partial charge on any atom is -0.480 e. The molecular formula is C11H22N6O4. The molecule has 0 heterocycles. The molecule has 0 saturated carbocycles. The van der Waals surface area contributed by atoms with Crippen molar-refractivity contribution < 1.29 is 19.8 Å². The normalized spacial score (nSPS) is 12.1. The van der Waals surface area contributed by atoms with Crippen LogP contribution in [0.2, 0.25) is 0 Å². The highest BCUT2D eigenvalue weighted by molar-refractivity contribution is 5.96. The van der Waals surface area contributed by atoms with Crippen molar-refractivity contribution in [3.8, 4) is 0 Å². The standard InChI is InChI=1S/C11H22N6O4/c1-8(14-5-9(18)19)17-11(15-6-10(20)21)16-7-13-4-2-3-12/h13H,2-7,12H2,1H3,(H,18,19)(H,20,21)(H2,14,15,16,17). The van der Waals surface area contributed by atoms with Crippen molar-refractivity contribution in [2.75, 3.05) is 32.8 Å². The van der Waals surface area contributed by atoms with E-state index in [2.05, 4.69) is 25.9 Å². The zero-order valence-corrected chi connectivity index (χ0v) is 11.9. The van der Waals surface area contributed by atoms with E-state index in [0.717, 1.165) is 6.42 Å². The van der Waals surface area contributed by atoms with Crippen LogP contribution in [-0.2, 0) is 9.59 Å². The molecule has 0 aromatic carbocycles. The van der Waals surface area contributed by atoms with E-state index >= 15 is 0 Å². The molecule has 0 unspecified atom stereocenters. The number of nitrogens with two attached hydrogens (primary N) is 1. The van der Waals surface area contributed by atoms with Gasteiger partial charge in [0.2, 0.25) is 5.96 Å². The molecule has 0 spiro atoms. The number of carboxylic acids is 2. The van der Waals surface area contributed by atoms with Crippen molar-refractivity contribution in [1.82, 2.24) is 16.0 Å². The molecule has 120 valence electrons. The van der Waals surface area contributed by atoms with E-state index < -0.39 is 11.9 Å². The minimum absolute atomic E-state index is 0.105. The van der Waals surface area contributed by atoms with Gasteiger partial charge in [-0.25, -0.2) is 9.98 Å². The van der Waals surface area contributed by atoms with Gasteiger partial charge >= 0.3 is 11.9 Å². The summed E-state index contributed by atoms with van der Waals surface area (Å²) < 4.78 is 0. The zero-order valence-electron chi connectivity index (χ0n) is 11.9. The van der Waals surface area contributed by atoms with Crippen LogP contribution in [0.15, 0.2) is 9.98 Å². The Labute approximate surface area is 122 Å². The second-order valence-corrected chi connectivity index (χ2v) is 3.97. The zero-order chi connectivity index (χ0) is 16.1. The fourth-order valence-electron chi connectivity index (χ4n) is 1.12. The van der Waals surface area contributed by atoms with Crippen LogP contribution in [0.3, 0.4) is 0 Å². The van der Waals surface area contributed by atoms with Gasteiger partial charge in [0.05, 0.1) is 6.67 Å². The Kier molecular flexibility index (Phi) is 10.4. The smallest absolute Gasteiger partial charge is 0.322 e. The molecule has 21 heavy (non-hydrogen) atoms. The maximum absolute atomic E-state index is 10.5. The Balaban J connectivity index is 4.48. The number of hydrogen-bond acceptors (Lipinski definition) is 5. The lowest BCUT2D eigenvalue weighted by Gasteiger charge is -2.07. The molecule has 0 amide bonds. The molecule has 0 aliphatic heterocycles. The van der Waals surface area contributed by atoms with Crippen LogP contribution in [0.1, 0.15) is 13.3 Å². The Morgan fingerprint density at radius 2 is 1.76 bits per heavy atom. The minimum atomic E-state index is -1.05. The SMILES string of the molecule is C/C(=N\C(=N/CNCCCN)NCC(=O)O)NCC(=O)O. The van der Waals surface area contributed by atoms with Crippen LogP contribution in [0.25, 0.3) is 0 Å². The second-order valence-electron chi connectivity index (χ2n) is 3.97. The Morgan fingerprint density at radius 1 is 1.14 bits per heavy atom. The highest BCUT2D eigenvalue weighted by Gasteiger charge is 2.02. The van der Waals surface area contributed by atoms with E-state index in [1.165, 1.54) is 0 Å². The summed E-state index contributed by atoms with van der Waals surface area (Å²) in [4.78, 5) is 29.0. The van der Waals surface area contributed by atoms with Gasteiger partial charge in [-0.15, -0.1) is 0 Å². The summed E-state index contributed by atoms with van der Waals surface area (Å²) in [7, 11) is 0. The first kappa shape index (κ1) is 18.8. The summed E-state index contributed by atoms with van der Waals surface area (Å²) in [5.74, 6) is -1.65. The first-order valence-electron chi connectivity index (χ1n) is 6.37. The van der Waals surface area contributed by atoms with E-state index in [0.29, 0.717) is 18.9 Å². The number of hydrogen-bond donors (Lipinski definition) is 6. The van der Waals surface area contributed by atoms with Gasteiger partial charge in [-0.05, 0) is 26.4 Å². The van der Waals surface area contributed by atoms with Crippen molar-refractivity contribution in [1.29, 1.82) is 0 Å². The van der Waals surface area contributed by atoms with Crippen molar-refractivity contribution in [2.24, 2.45) is 15.7 Å². The highest BCUT2D eigenvalue weighted by Crippen LogP contribution is 1.82. The quantitative estimate of drug-likeness (QED) is 0.162. The Bertz CT molecular complexity index is 396. The molecular weight excluding hydrogens is 280 g/mol. The van der Waals surface area contributed by atoms with Crippen molar-refractivity contribution >= 4 is 23.7 Å². The number of nitrogens with one attached hydrogen (secondary N) is 3. The average Bonchev–Trinajstić information content (AvgIpc) is 2.41. The summed E-state index contributed by atoms with van der Waals surface area (Å²) in [6.07, 6.45) is 0.801. The molecule has 0 aliphatic rings. The molecule has 0 aliphatic carbocycles. The van der Waals surface area contributed by atoms with Crippen LogP contribution in [0.5, 0.6) is 0 Å². The number of amidine groups is 1. The summed E-state index contributed by atoms with van der Waals surface area (Å²) in [5.41, 5.74) is 5.34. The topological polar surface area (TPSA) is 161 Å². The Morgan fingerprint density at radius 3 is 2.33 bits per heavy atom. The summed E-state index contributed by atoms with van der Waals surface area (Å²) in [6.45, 7) is 2.44. The van der Waals surface area contributed by atoms with Crippen LogP contribution in [-0.4, -0.2) is 66.8 Å². The number of nitrogens with zero attached hydrogens (tertiary/aromatic N) is 2. The lowest BCUT2D eigenvalue weighted by Crippen LogP contribution is -2.33. The summed E-state index contributed by atoms with van der Waals surface area (Å²) in [6, 6.07) is 0. The lowest BCUT2D eigenvalue weighted by atomic mass is 10.4. The van der Waals surface area contributed by atoms with Gasteiger partial charge in [0.1, 0.15) is 18.9 Å². The van der Waals surface area contributed by atoms with Crippen LogP contribution < -0.4 is 21.7 Å². The molecule has 0 aromatic rings. The molecule has 0 radical (unpaired) electrons. The van der Waals surface area contributed by atoms with Gasteiger partial charge in [-0.3, -0.25) is 14.9 Å². The van der Waals surface area contributed by atoms with Crippen LogP contribution in [0, 0.1) is 0 Å². The van der Waals surface area contributed by atoms with E-state index in [4.69, 9.17) is 15.9 Å². The van der Waals surface area contributed by atoms with Gasteiger partial charge in [0, 0.05) is 0 Å². The fourth-order valence-corrected chi connectivity index (χ4v) is 1.12. The molecule has 10 nitrogen and oxygen atoms in total. The number of rotatable bonds is 9. The maximum atomic E-state index is 10.5. The lowest BCUT2D eigenvalue weighted by molar-refractivity contribution is -0.136. The molecule has 0 bridgehead atoms. The molecule has 0 saturated heterocycles. The summed E-state index contributed by atoms with van der Waals surface area (Å²) >= 11 is 0. The third kappa shape index (κ3) is 12.6. The summed E-state index contributed by atoms with van der Waals surface area (Å²) in [5, 5.41) is 25.2. The van der Waals surface area contributed by atoms with Gasteiger partial charge in [-0.1, -0.05) is 0 Å². The van der Waals surface area contributed by atoms with E-state index in [9.17, 15) is 9.59 Å².